The van der Waals surface area contributed by atoms with Crippen molar-refractivity contribution < 1.29 is 9.18 Å². The van der Waals surface area contributed by atoms with Gasteiger partial charge in [0, 0.05) is 4.47 Å². The fraction of sp³-hybridized carbons (Fsp3) is 0.0833. The second-order valence-electron chi connectivity index (χ2n) is 3.51. The molecule has 1 N–H and O–H groups in total. The molecule has 88 valence electrons. The molecule has 0 fully saturated rings. The Labute approximate surface area is 111 Å². The van der Waals surface area contributed by atoms with Gasteiger partial charge in [-0.15, -0.1) is 11.3 Å². The molecule has 1 amide bonds. The van der Waals surface area contributed by atoms with Gasteiger partial charge in [0.2, 0.25) is 0 Å². The first-order chi connectivity index (χ1) is 8.08. The van der Waals surface area contributed by atoms with Crippen molar-refractivity contribution in [3.8, 4) is 0 Å². The average molecular weight is 314 g/mol. The van der Waals surface area contributed by atoms with Crippen LogP contribution in [0.1, 0.15) is 15.2 Å². The van der Waals surface area contributed by atoms with E-state index in [9.17, 15) is 9.18 Å². The number of benzene rings is 1. The number of thiophene rings is 1. The van der Waals surface area contributed by atoms with E-state index < -0.39 is 5.82 Å². The Bertz CT molecular complexity index is 567. The van der Waals surface area contributed by atoms with Crippen LogP contribution in [0.4, 0.5) is 10.1 Å². The molecule has 0 saturated carbocycles. The molecule has 17 heavy (non-hydrogen) atoms. The van der Waals surface area contributed by atoms with Crippen molar-refractivity contribution in [3.05, 3.63) is 50.4 Å². The molecule has 0 bridgehead atoms. The van der Waals surface area contributed by atoms with Crippen LogP contribution in [-0.4, -0.2) is 5.91 Å². The van der Waals surface area contributed by atoms with Crippen molar-refractivity contribution in [3.63, 3.8) is 0 Å². The van der Waals surface area contributed by atoms with Gasteiger partial charge in [-0.25, -0.2) is 4.39 Å². The van der Waals surface area contributed by atoms with E-state index in [2.05, 4.69) is 21.2 Å². The van der Waals surface area contributed by atoms with Crippen LogP contribution >= 0.6 is 27.3 Å². The molecular formula is C12H9BrFNOS. The topological polar surface area (TPSA) is 29.1 Å². The normalized spacial score (nSPS) is 10.3. The van der Waals surface area contributed by atoms with Crippen molar-refractivity contribution >= 4 is 38.9 Å². The van der Waals surface area contributed by atoms with Crippen LogP contribution in [0, 0.1) is 12.7 Å². The minimum Gasteiger partial charge on any atom is -0.319 e. The summed E-state index contributed by atoms with van der Waals surface area (Å²) in [6.07, 6.45) is 0. The van der Waals surface area contributed by atoms with E-state index in [0.717, 1.165) is 5.56 Å². The van der Waals surface area contributed by atoms with Gasteiger partial charge in [-0.1, -0.05) is 15.9 Å². The van der Waals surface area contributed by atoms with Gasteiger partial charge >= 0.3 is 0 Å². The van der Waals surface area contributed by atoms with E-state index >= 15 is 0 Å². The fourth-order valence-corrected chi connectivity index (χ4v) is 2.53. The minimum absolute atomic E-state index is 0.186. The van der Waals surface area contributed by atoms with E-state index in [1.165, 1.54) is 23.5 Å². The molecule has 0 aliphatic carbocycles. The van der Waals surface area contributed by atoms with Gasteiger partial charge in [0.25, 0.3) is 5.91 Å². The zero-order chi connectivity index (χ0) is 12.4. The Morgan fingerprint density at radius 2 is 2.18 bits per heavy atom. The van der Waals surface area contributed by atoms with E-state index in [1.54, 1.807) is 6.07 Å². The van der Waals surface area contributed by atoms with Gasteiger partial charge in [-0.2, -0.15) is 0 Å². The zero-order valence-corrected chi connectivity index (χ0v) is 11.4. The molecule has 0 unspecified atom stereocenters. The predicted molar refractivity (Wildman–Crippen MR) is 71.1 cm³/mol. The summed E-state index contributed by atoms with van der Waals surface area (Å²) < 4.78 is 14.2. The lowest BCUT2D eigenvalue weighted by atomic mass is 10.2. The number of anilines is 1. The quantitative estimate of drug-likeness (QED) is 0.884. The number of carbonyl (C=O) groups is 1. The third-order valence-corrected chi connectivity index (χ3v) is 3.76. The van der Waals surface area contributed by atoms with Gasteiger partial charge in [-0.05, 0) is 42.1 Å². The zero-order valence-electron chi connectivity index (χ0n) is 8.96. The number of hydrogen-bond acceptors (Lipinski definition) is 2. The lowest BCUT2D eigenvalue weighted by molar-refractivity contribution is 0.102. The highest BCUT2D eigenvalue weighted by atomic mass is 79.9. The molecule has 0 spiro atoms. The van der Waals surface area contributed by atoms with Crippen molar-refractivity contribution in [2.75, 3.05) is 5.32 Å². The van der Waals surface area contributed by atoms with Gasteiger partial charge in [0.1, 0.15) is 5.82 Å². The standard InChI is InChI=1S/C12H9BrFNOS/c1-7-4-5-17-11(7)12(16)15-10-3-2-8(13)6-9(10)14/h2-6H,1H3,(H,15,16). The first kappa shape index (κ1) is 12.3. The number of aryl methyl sites for hydroxylation is 1. The van der Waals surface area contributed by atoms with Crippen molar-refractivity contribution in [1.82, 2.24) is 0 Å². The first-order valence-electron chi connectivity index (χ1n) is 4.88. The lowest BCUT2D eigenvalue weighted by Crippen LogP contribution is -2.12. The monoisotopic (exact) mass is 313 g/mol. The SMILES string of the molecule is Cc1ccsc1C(=O)Nc1ccc(Br)cc1F. The van der Waals surface area contributed by atoms with Gasteiger partial charge in [-0.3, -0.25) is 4.79 Å². The predicted octanol–water partition coefficient (Wildman–Crippen LogP) is 4.21. The van der Waals surface area contributed by atoms with Crippen LogP contribution in [0.2, 0.25) is 0 Å². The summed E-state index contributed by atoms with van der Waals surface area (Å²) in [5.41, 5.74) is 1.08. The second kappa shape index (κ2) is 4.98. The Morgan fingerprint density at radius 3 is 2.76 bits per heavy atom. The van der Waals surface area contributed by atoms with Gasteiger partial charge < -0.3 is 5.32 Å². The lowest BCUT2D eigenvalue weighted by Gasteiger charge is -2.06. The average Bonchev–Trinajstić information content (AvgIpc) is 2.68. The summed E-state index contributed by atoms with van der Waals surface area (Å²) in [6, 6.07) is 6.38. The fourth-order valence-electron chi connectivity index (χ4n) is 1.38. The number of rotatable bonds is 2. The summed E-state index contributed by atoms with van der Waals surface area (Å²) in [5.74, 6) is -0.736. The Hall–Kier alpha value is -1.20. The number of amides is 1. The second-order valence-corrected chi connectivity index (χ2v) is 5.34. The molecule has 0 atom stereocenters. The molecule has 5 heteroatoms. The van der Waals surface area contributed by atoms with Gasteiger partial charge in [0.15, 0.2) is 0 Å². The van der Waals surface area contributed by atoms with Crippen LogP contribution in [0.5, 0.6) is 0 Å². The molecule has 0 radical (unpaired) electrons. The largest absolute Gasteiger partial charge is 0.319 e. The maximum Gasteiger partial charge on any atom is 0.266 e. The van der Waals surface area contributed by atoms with Crippen molar-refractivity contribution in [1.29, 1.82) is 0 Å². The third kappa shape index (κ3) is 2.73. The Balaban J connectivity index is 2.22. The molecule has 1 heterocycles. The number of carbonyl (C=O) groups excluding carboxylic acids is 1. The first-order valence-corrected chi connectivity index (χ1v) is 6.55. The highest BCUT2D eigenvalue weighted by Gasteiger charge is 2.12. The summed E-state index contributed by atoms with van der Waals surface area (Å²) in [7, 11) is 0. The van der Waals surface area contributed by atoms with Gasteiger partial charge in [0.05, 0.1) is 10.6 Å². The number of halogens is 2. The highest BCUT2D eigenvalue weighted by molar-refractivity contribution is 9.10. The molecule has 2 nitrogen and oxygen atoms in total. The van der Waals surface area contributed by atoms with Crippen LogP contribution in [0.15, 0.2) is 34.1 Å². The minimum atomic E-state index is -0.457. The molecule has 1 aromatic heterocycles. The summed E-state index contributed by atoms with van der Waals surface area (Å²) >= 11 is 4.50. The maximum absolute atomic E-state index is 13.5. The number of nitrogens with one attached hydrogen (secondary N) is 1. The van der Waals surface area contributed by atoms with E-state index in [1.807, 2.05) is 18.4 Å². The number of hydrogen-bond donors (Lipinski definition) is 1. The van der Waals surface area contributed by atoms with E-state index in [4.69, 9.17) is 0 Å². The van der Waals surface area contributed by atoms with E-state index in [-0.39, 0.29) is 11.6 Å². The molecule has 2 aromatic rings. The van der Waals surface area contributed by atoms with Crippen molar-refractivity contribution in [2.45, 2.75) is 6.92 Å². The molecule has 2 rings (SSSR count). The Kier molecular flexibility index (Phi) is 3.59. The van der Waals surface area contributed by atoms with Crippen LogP contribution < -0.4 is 5.32 Å². The molecule has 0 aliphatic rings. The van der Waals surface area contributed by atoms with Crippen molar-refractivity contribution in [2.24, 2.45) is 0 Å². The van der Waals surface area contributed by atoms with Crippen LogP contribution in [0.25, 0.3) is 0 Å². The Morgan fingerprint density at radius 1 is 1.41 bits per heavy atom. The van der Waals surface area contributed by atoms with Crippen LogP contribution in [-0.2, 0) is 0 Å². The summed E-state index contributed by atoms with van der Waals surface area (Å²) in [5, 5.41) is 4.39. The third-order valence-electron chi connectivity index (χ3n) is 2.25. The summed E-state index contributed by atoms with van der Waals surface area (Å²) in [4.78, 5) is 12.5. The smallest absolute Gasteiger partial charge is 0.266 e. The highest BCUT2D eigenvalue weighted by Crippen LogP contribution is 2.22. The summed E-state index contributed by atoms with van der Waals surface area (Å²) in [6.45, 7) is 1.85. The molecule has 1 aromatic carbocycles. The van der Waals surface area contributed by atoms with Crippen LogP contribution in [0.3, 0.4) is 0 Å². The maximum atomic E-state index is 13.5. The molecular weight excluding hydrogens is 305 g/mol. The molecule has 0 aliphatic heterocycles. The molecule has 0 saturated heterocycles. The van der Waals surface area contributed by atoms with E-state index in [0.29, 0.717) is 9.35 Å².